The fourth-order valence-corrected chi connectivity index (χ4v) is 5.71. The predicted molar refractivity (Wildman–Crippen MR) is 144 cm³/mol. The first-order chi connectivity index (χ1) is 17.5. The highest BCUT2D eigenvalue weighted by Gasteiger charge is 2.65. The summed E-state index contributed by atoms with van der Waals surface area (Å²) in [6.45, 7) is 4.56. The highest BCUT2D eigenvalue weighted by atomic mass is 127. The van der Waals surface area contributed by atoms with Gasteiger partial charge in [-0.05, 0) is 84.5 Å². The number of benzene rings is 2. The summed E-state index contributed by atoms with van der Waals surface area (Å²) in [5.74, 6) is -0.350. The Bertz CT molecular complexity index is 1150. The maximum Gasteiger partial charge on any atom is 0.354 e. The van der Waals surface area contributed by atoms with E-state index in [9.17, 15) is 9.59 Å². The van der Waals surface area contributed by atoms with Gasteiger partial charge in [-0.25, -0.2) is 9.80 Å². The lowest BCUT2D eigenvalue weighted by molar-refractivity contribution is -0.140. The second-order valence-corrected chi connectivity index (χ2v) is 10.1. The molecule has 0 unspecified atom stereocenters. The van der Waals surface area contributed by atoms with Gasteiger partial charge in [-0.15, -0.1) is 0 Å². The van der Waals surface area contributed by atoms with E-state index in [2.05, 4.69) is 27.5 Å². The number of carbonyl (C=O) groups is 2. The van der Waals surface area contributed by atoms with Crippen LogP contribution in [0.25, 0.3) is 0 Å². The van der Waals surface area contributed by atoms with Crippen LogP contribution in [0, 0.1) is 9.49 Å². The van der Waals surface area contributed by atoms with Gasteiger partial charge in [0.2, 0.25) is 5.66 Å². The number of nitrogens with zero attached hydrogens (tertiary/aromatic N) is 4. The van der Waals surface area contributed by atoms with Gasteiger partial charge in [0.25, 0.3) is 5.91 Å². The Balaban J connectivity index is 1.67. The van der Waals surface area contributed by atoms with Crippen molar-refractivity contribution in [3.8, 4) is 5.75 Å². The minimum absolute atomic E-state index is 0.110. The summed E-state index contributed by atoms with van der Waals surface area (Å²) in [6, 6.07) is 15.3. The molecule has 190 valence electrons. The molecule has 2 fully saturated rings. The molecule has 0 N–H and O–H groups in total. The van der Waals surface area contributed by atoms with E-state index in [1.165, 1.54) is 0 Å². The van der Waals surface area contributed by atoms with Crippen LogP contribution in [0.5, 0.6) is 5.75 Å². The lowest BCUT2D eigenvalue weighted by atomic mass is 9.79. The summed E-state index contributed by atoms with van der Waals surface area (Å²) in [5, 5.41) is 6.55. The Kier molecular flexibility index (Phi) is 7.18. The van der Waals surface area contributed by atoms with Crippen LogP contribution in [0.3, 0.4) is 0 Å². The number of amides is 1. The van der Waals surface area contributed by atoms with Crippen molar-refractivity contribution in [3.05, 3.63) is 52.1 Å². The first kappa shape index (κ1) is 25.0. The largest absolute Gasteiger partial charge is 0.497 e. The van der Waals surface area contributed by atoms with E-state index < -0.39 is 17.6 Å². The molecule has 36 heavy (non-hydrogen) atoms. The third-order valence-electron chi connectivity index (χ3n) is 6.98. The van der Waals surface area contributed by atoms with Crippen LogP contribution in [0.15, 0.2) is 53.6 Å². The monoisotopic (exact) mass is 604 g/mol. The number of rotatable bonds is 6. The molecule has 0 saturated carbocycles. The molecule has 0 aliphatic carbocycles. The Hall–Kier alpha value is -2.70. The van der Waals surface area contributed by atoms with Crippen molar-refractivity contribution in [2.75, 3.05) is 56.5 Å². The summed E-state index contributed by atoms with van der Waals surface area (Å²) < 4.78 is 17.5. The van der Waals surface area contributed by atoms with Crippen LogP contribution >= 0.6 is 22.6 Å². The molecular weight excluding hydrogens is 575 g/mol. The number of morpholine rings is 1. The molecule has 10 heteroatoms. The normalized spacial score (nSPS) is 24.4. The zero-order chi connectivity index (χ0) is 25.3. The lowest BCUT2D eigenvalue weighted by Gasteiger charge is -2.53. The number of carbonyl (C=O) groups excluding carboxylic acids is 2. The average molecular weight is 604 g/mol. The van der Waals surface area contributed by atoms with Crippen LogP contribution in [-0.2, 0) is 19.1 Å². The van der Waals surface area contributed by atoms with Gasteiger partial charge in [-0.3, -0.25) is 9.69 Å². The van der Waals surface area contributed by atoms with Gasteiger partial charge in [-0.2, -0.15) is 5.10 Å². The topological polar surface area (TPSA) is 83.9 Å². The van der Waals surface area contributed by atoms with E-state index in [-0.39, 0.29) is 18.2 Å². The average Bonchev–Trinajstić information content (AvgIpc) is 3.27. The van der Waals surface area contributed by atoms with Gasteiger partial charge in [0.05, 0.1) is 38.5 Å². The number of esters is 1. The second kappa shape index (κ2) is 10.3. The fraction of sp³-hybridized carbons (Fsp3) is 0.423. The number of hydrazone groups is 1. The van der Waals surface area contributed by atoms with Crippen LogP contribution in [-0.4, -0.2) is 74.7 Å². The molecular formula is C26H29IN4O5. The van der Waals surface area contributed by atoms with Crippen molar-refractivity contribution in [1.29, 1.82) is 0 Å². The van der Waals surface area contributed by atoms with Gasteiger partial charge in [0, 0.05) is 28.9 Å². The molecule has 0 spiro atoms. The van der Waals surface area contributed by atoms with E-state index in [1.807, 2.05) is 53.4 Å². The Morgan fingerprint density at radius 2 is 1.75 bits per heavy atom. The maximum absolute atomic E-state index is 14.7. The van der Waals surface area contributed by atoms with Crippen molar-refractivity contribution in [3.63, 3.8) is 0 Å². The molecule has 2 atom stereocenters. The maximum atomic E-state index is 14.7. The molecule has 0 bridgehead atoms. The van der Waals surface area contributed by atoms with Gasteiger partial charge in [-0.1, -0.05) is 0 Å². The summed E-state index contributed by atoms with van der Waals surface area (Å²) >= 11 is 2.26. The molecule has 3 aliphatic heterocycles. The van der Waals surface area contributed by atoms with Crippen LogP contribution in [0.1, 0.15) is 13.3 Å². The number of ether oxygens (including phenoxy) is 3. The number of hydrogen-bond donors (Lipinski definition) is 0. The molecule has 0 aromatic heterocycles. The molecule has 5 rings (SSSR count). The molecule has 2 aromatic rings. The van der Waals surface area contributed by atoms with Crippen LogP contribution in [0.2, 0.25) is 0 Å². The number of piperidine rings is 1. The highest BCUT2D eigenvalue weighted by molar-refractivity contribution is 14.1. The predicted octanol–water partition coefficient (Wildman–Crippen LogP) is 3.12. The third-order valence-corrected chi connectivity index (χ3v) is 7.70. The molecule has 3 heterocycles. The third kappa shape index (κ3) is 4.14. The van der Waals surface area contributed by atoms with Crippen molar-refractivity contribution in [2.24, 2.45) is 11.0 Å². The van der Waals surface area contributed by atoms with Gasteiger partial charge < -0.3 is 19.1 Å². The summed E-state index contributed by atoms with van der Waals surface area (Å²) in [4.78, 5) is 31.8. The minimum Gasteiger partial charge on any atom is -0.497 e. The zero-order valence-electron chi connectivity index (χ0n) is 20.4. The second-order valence-electron chi connectivity index (χ2n) is 8.82. The summed E-state index contributed by atoms with van der Waals surface area (Å²) in [5.41, 5.74) is 0.590. The number of methoxy groups -OCH3 is 1. The number of anilines is 2. The summed E-state index contributed by atoms with van der Waals surface area (Å²) in [6.07, 6.45) is 0.569. The highest BCUT2D eigenvalue weighted by Crippen LogP contribution is 2.47. The van der Waals surface area contributed by atoms with Crippen molar-refractivity contribution >= 4 is 51.6 Å². The fourth-order valence-electron chi connectivity index (χ4n) is 5.36. The van der Waals surface area contributed by atoms with E-state index in [1.54, 1.807) is 19.0 Å². The van der Waals surface area contributed by atoms with E-state index >= 15 is 0 Å². The van der Waals surface area contributed by atoms with E-state index in [0.717, 1.165) is 9.26 Å². The standard InChI is InChI=1S/C26H29IN4O5/c1-3-36-24(32)23-22-12-13-30(19-6-4-18(27)5-7-19)25(33)26(22,29-14-16-35-17-15-29)31(28-23)20-8-10-21(34-2)11-9-20/h4-11,22H,3,12-17H2,1-2H3/t22-,26+/m0/s1. The zero-order valence-corrected chi connectivity index (χ0v) is 22.5. The smallest absolute Gasteiger partial charge is 0.354 e. The van der Waals surface area contributed by atoms with Gasteiger partial charge >= 0.3 is 5.97 Å². The van der Waals surface area contributed by atoms with E-state index in [0.29, 0.717) is 50.7 Å². The Morgan fingerprint density at radius 3 is 2.39 bits per heavy atom. The van der Waals surface area contributed by atoms with Gasteiger partial charge in [0.15, 0.2) is 5.71 Å². The Labute approximate surface area is 224 Å². The van der Waals surface area contributed by atoms with E-state index in [4.69, 9.17) is 19.3 Å². The molecule has 3 aliphatic rings. The van der Waals surface area contributed by atoms with Crippen molar-refractivity contribution in [1.82, 2.24) is 4.90 Å². The van der Waals surface area contributed by atoms with Crippen LogP contribution in [0.4, 0.5) is 11.4 Å². The lowest BCUT2D eigenvalue weighted by Crippen LogP contribution is -2.74. The Morgan fingerprint density at radius 1 is 1.08 bits per heavy atom. The number of hydrogen-bond acceptors (Lipinski definition) is 8. The van der Waals surface area contributed by atoms with Gasteiger partial charge in [0.1, 0.15) is 5.75 Å². The number of halogens is 1. The van der Waals surface area contributed by atoms with Crippen molar-refractivity contribution in [2.45, 2.75) is 19.0 Å². The molecule has 2 aromatic carbocycles. The quantitative estimate of drug-likeness (QED) is 0.370. The molecule has 0 radical (unpaired) electrons. The molecule has 9 nitrogen and oxygen atoms in total. The summed E-state index contributed by atoms with van der Waals surface area (Å²) in [7, 11) is 1.61. The molecule has 1 amide bonds. The van der Waals surface area contributed by atoms with Crippen molar-refractivity contribution < 1.29 is 23.8 Å². The SMILES string of the molecule is CCOC(=O)C1=NN(c2ccc(OC)cc2)[C@@]2(N3CCOCC3)C(=O)N(c3ccc(I)cc3)CC[C@@H]12. The number of fused-ring (bicyclic) bond motifs is 1. The minimum atomic E-state index is -1.22. The first-order valence-electron chi connectivity index (χ1n) is 12.1. The van der Waals surface area contributed by atoms with Crippen LogP contribution < -0.4 is 14.6 Å². The first-order valence-corrected chi connectivity index (χ1v) is 13.2. The molecule has 2 saturated heterocycles.